The largest absolute Gasteiger partial charge is 0.357 e. The molecule has 0 aliphatic rings. The zero-order chi connectivity index (χ0) is 19.3. The lowest BCUT2D eigenvalue weighted by molar-refractivity contribution is -0.121. The van der Waals surface area contributed by atoms with Gasteiger partial charge in [0.25, 0.3) is 0 Å². The smallest absolute Gasteiger partial charge is 0.226 e. The molecule has 4 aromatic rings. The van der Waals surface area contributed by atoms with Crippen LogP contribution in [0, 0.1) is 5.82 Å². The molecule has 0 spiro atoms. The molecule has 7 nitrogen and oxygen atoms in total. The van der Waals surface area contributed by atoms with E-state index in [0.29, 0.717) is 37.5 Å². The number of hydrogen-bond acceptors (Lipinski definition) is 5. The zero-order valence-electron chi connectivity index (χ0n) is 15.0. The molecule has 0 fully saturated rings. The van der Waals surface area contributed by atoms with Crippen LogP contribution in [-0.2, 0) is 17.8 Å². The molecule has 1 aromatic carbocycles. The minimum absolute atomic E-state index is 0.0724. The van der Waals surface area contributed by atoms with Crippen LogP contribution in [0.3, 0.4) is 0 Å². The summed E-state index contributed by atoms with van der Waals surface area (Å²) in [7, 11) is 0. The molecule has 0 bridgehead atoms. The van der Waals surface area contributed by atoms with E-state index in [1.165, 1.54) is 12.1 Å². The number of fused-ring (bicyclic) bond motifs is 1. The standard InChI is InChI=1S/C20H18FN5O2/c21-15-6-7-17-14(9-15)10-16(24-17)12-23-18(27)4-1-5-19-25-20(26-28-19)13-3-2-8-22-11-13/h2-3,6-11,24H,1,4-5,12H2,(H,23,27). The van der Waals surface area contributed by atoms with Crippen molar-refractivity contribution in [1.82, 2.24) is 25.4 Å². The number of aromatic nitrogens is 4. The topological polar surface area (TPSA) is 96.7 Å². The number of carbonyl (C=O) groups is 1. The number of pyridine rings is 1. The number of aryl methyl sites for hydroxylation is 1. The number of halogens is 1. The molecule has 3 aromatic heterocycles. The van der Waals surface area contributed by atoms with E-state index in [2.05, 4.69) is 25.4 Å². The number of carbonyl (C=O) groups excluding carboxylic acids is 1. The van der Waals surface area contributed by atoms with Gasteiger partial charge in [0.15, 0.2) is 0 Å². The first-order chi connectivity index (χ1) is 13.7. The van der Waals surface area contributed by atoms with Gasteiger partial charge in [0, 0.05) is 47.4 Å². The average molecular weight is 379 g/mol. The lowest BCUT2D eigenvalue weighted by Crippen LogP contribution is -2.22. The van der Waals surface area contributed by atoms with Gasteiger partial charge in [0.05, 0.1) is 6.54 Å². The molecule has 28 heavy (non-hydrogen) atoms. The molecule has 0 aliphatic carbocycles. The predicted octanol–water partition coefficient (Wildman–Crippen LogP) is 3.39. The number of aromatic amines is 1. The Bertz CT molecular complexity index is 1090. The third-order valence-electron chi connectivity index (χ3n) is 4.30. The third-order valence-corrected chi connectivity index (χ3v) is 4.30. The van der Waals surface area contributed by atoms with E-state index in [9.17, 15) is 9.18 Å². The van der Waals surface area contributed by atoms with E-state index < -0.39 is 0 Å². The highest BCUT2D eigenvalue weighted by Crippen LogP contribution is 2.17. The second-order valence-corrected chi connectivity index (χ2v) is 6.41. The van der Waals surface area contributed by atoms with Crippen molar-refractivity contribution in [2.45, 2.75) is 25.8 Å². The summed E-state index contributed by atoms with van der Waals surface area (Å²) in [4.78, 5) is 23.5. The van der Waals surface area contributed by atoms with Gasteiger partial charge in [-0.05, 0) is 42.8 Å². The van der Waals surface area contributed by atoms with Gasteiger partial charge < -0.3 is 14.8 Å². The van der Waals surface area contributed by atoms with Crippen molar-refractivity contribution in [2.75, 3.05) is 0 Å². The number of nitrogens with zero attached hydrogens (tertiary/aromatic N) is 3. The van der Waals surface area contributed by atoms with E-state index in [-0.39, 0.29) is 11.7 Å². The Kier molecular flexibility index (Phi) is 5.09. The number of hydrogen-bond donors (Lipinski definition) is 2. The Morgan fingerprint density at radius 1 is 1.25 bits per heavy atom. The molecule has 1 amide bonds. The summed E-state index contributed by atoms with van der Waals surface area (Å²) in [5, 5.41) is 7.57. The van der Waals surface area contributed by atoms with Crippen molar-refractivity contribution >= 4 is 16.8 Å². The van der Waals surface area contributed by atoms with Crippen molar-refractivity contribution in [3.8, 4) is 11.4 Å². The zero-order valence-corrected chi connectivity index (χ0v) is 15.0. The predicted molar refractivity (Wildman–Crippen MR) is 101 cm³/mol. The number of nitrogens with one attached hydrogen (secondary N) is 2. The fourth-order valence-corrected chi connectivity index (χ4v) is 2.91. The first-order valence-corrected chi connectivity index (χ1v) is 8.94. The van der Waals surface area contributed by atoms with Gasteiger partial charge in [-0.1, -0.05) is 5.16 Å². The summed E-state index contributed by atoms with van der Waals surface area (Å²) < 4.78 is 18.5. The van der Waals surface area contributed by atoms with Crippen molar-refractivity contribution in [3.63, 3.8) is 0 Å². The average Bonchev–Trinajstić information content (AvgIpc) is 3.33. The minimum atomic E-state index is -0.283. The van der Waals surface area contributed by atoms with Gasteiger partial charge in [-0.25, -0.2) is 4.39 Å². The lowest BCUT2D eigenvalue weighted by Gasteiger charge is -2.02. The molecule has 3 heterocycles. The quantitative estimate of drug-likeness (QED) is 0.513. The number of benzene rings is 1. The fourth-order valence-electron chi connectivity index (χ4n) is 2.91. The first-order valence-electron chi connectivity index (χ1n) is 8.94. The molecule has 0 unspecified atom stereocenters. The number of rotatable bonds is 7. The van der Waals surface area contributed by atoms with Crippen LogP contribution in [0.25, 0.3) is 22.3 Å². The molecule has 0 atom stereocenters. The molecule has 0 saturated carbocycles. The first kappa shape index (κ1) is 17.8. The maximum absolute atomic E-state index is 13.2. The Labute approximate surface area is 160 Å². The van der Waals surface area contributed by atoms with E-state index in [4.69, 9.17) is 4.52 Å². The van der Waals surface area contributed by atoms with Gasteiger partial charge in [0.2, 0.25) is 17.6 Å². The summed E-state index contributed by atoms with van der Waals surface area (Å²) in [6.07, 6.45) is 4.81. The van der Waals surface area contributed by atoms with E-state index >= 15 is 0 Å². The van der Waals surface area contributed by atoms with Crippen molar-refractivity contribution in [1.29, 1.82) is 0 Å². The lowest BCUT2D eigenvalue weighted by atomic mass is 10.2. The highest BCUT2D eigenvalue weighted by Gasteiger charge is 2.10. The highest BCUT2D eigenvalue weighted by atomic mass is 19.1. The number of H-pyrrole nitrogens is 1. The van der Waals surface area contributed by atoms with E-state index in [0.717, 1.165) is 22.2 Å². The van der Waals surface area contributed by atoms with Gasteiger partial charge in [-0.3, -0.25) is 9.78 Å². The Balaban J connectivity index is 1.24. The SMILES string of the molecule is O=C(CCCc1nc(-c2cccnc2)no1)NCc1cc2cc(F)ccc2[nH]1. The maximum atomic E-state index is 13.2. The normalized spacial score (nSPS) is 11.0. The molecule has 142 valence electrons. The summed E-state index contributed by atoms with van der Waals surface area (Å²) in [6, 6.07) is 10.0. The molecule has 0 saturated heterocycles. The maximum Gasteiger partial charge on any atom is 0.226 e. The van der Waals surface area contributed by atoms with Crippen LogP contribution >= 0.6 is 0 Å². The molecule has 8 heteroatoms. The van der Waals surface area contributed by atoms with E-state index in [1.54, 1.807) is 24.5 Å². The van der Waals surface area contributed by atoms with Crippen LogP contribution in [0.5, 0.6) is 0 Å². The molecular weight excluding hydrogens is 361 g/mol. The van der Waals surface area contributed by atoms with Crippen LogP contribution in [0.2, 0.25) is 0 Å². The van der Waals surface area contributed by atoms with Gasteiger partial charge >= 0.3 is 0 Å². The van der Waals surface area contributed by atoms with Crippen LogP contribution in [0.15, 0.2) is 53.3 Å². The molecule has 0 radical (unpaired) electrons. The van der Waals surface area contributed by atoms with Crippen molar-refractivity contribution in [3.05, 3.63) is 66.2 Å². The number of amides is 1. The summed E-state index contributed by atoms with van der Waals surface area (Å²) in [5.74, 6) is 0.624. The van der Waals surface area contributed by atoms with Crippen LogP contribution in [0.1, 0.15) is 24.4 Å². The highest BCUT2D eigenvalue weighted by molar-refractivity contribution is 5.81. The molecular formula is C20H18FN5O2. The van der Waals surface area contributed by atoms with Gasteiger partial charge in [0.1, 0.15) is 5.82 Å². The monoisotopic (exact) mass is 379 g/mol. The fraction of sp³-hybridized carbons (Fsp3) is 0.200. The Morgan fingerprint density at radius 2 is 2.18 bits per heavy atom. The van der Waals surface area contributed by atoms with Crippen LogP contribution in [-0.4, -0.2) is 26.0 Å². The minimum Gasteiger partial charge on any atom is -0.357 e. The molecule has 2 N–H and O–H groups in total. The molecule has 4 rings (SSSR count). The van der Waals surface area contributed by atoms with Gasteiger partial charge in [-0.2, -0.15) is 4.98 Å². The Hall–Kier alpha value is -3.55. The molecule has 0 aliphatic heterocycles. The van der Waals surface area contributed by atoms with Crippen LogP contribution in [0.4, 0.5) is 4.39 Å². The van der Waals surface area contributed by atoms with Crippen LogP contribution < -0.4 is 5.32 Å². The second-order valence-electron chi connectivity index (χ2n) is 6.41. The summed E-state index contributed by atoms with van der Waals surface area (Å²) in [5.41, 5.74) is 2.45. The summed E-state index contributed by atoms with van der Waals surface area (Å²) >= 11 is 0. The second kappa shape index (κ2) is 7.99. The van der Waals surface area contributed by atoms with Crippen molar-refractivity contribution in [2.24, 2.45) is 0 Å². The van der Waals surface area contributed by atoms with Gasteiger partial charge in [-0.15, -0.1) is 0 Å². The van der Waals surface area contributed by atoms with E-state index in [1.807, 2.05) is 12.1 Å². The third kappa shape index (κ3) is 4.22. The summed E-state index contributed by atoms with van der Waals surface area (Å²) in [6.45, 7) is 0.362. The Morgan fingerprint density at radius 3 is 3.04 bits per heavy atom. The van der Waals surface area contributed by atoms with Crippen molar-refractivity contribution < 1.29 is 13.7 Å².